The van der Waals surface area contributed by atoms with Gasteiger partial charge in [-0.05, 0) is 36.0 Å². The van der Waals surface area contributed by atoms with Gasteiger partial charge in [-0.3, -0.25) is 14.4 Å². The van der Waals surface area contributed by atoms with E-state index in [4.69, 9.17) is 0 Å². The molecule has 0 aliphatic rings. The van der Waals surface area contributed by atoms with E-state index in [2.05, 4.69) is 15.6 Å². The summed E-state index contributed by atoms with van der Waals surface area (Å²) in [5.41, 5.74) is -0.325. The lowest BCUT2D eigenvalue weighted by molar-refractivity contribution is -0.143. The van der Waals surface area contributed by atoms with Gasteiger partial charge in [0.05, 0.1) is 10.9 Å². The van der Waals surface area contributed by atoms with Gasteiger partial charge >= 0.3 is 11.7 Å². The Morgan fingerprint density at radius 1 is 0.895 bits per heavy atom. The van der Waals surface area contributed by atoms with Gasteiger partial charge in [-0.25, -0.2) is 14.2 Å². The number of hydrogen-bond donors (Lipinski definition) is 4. The molecule has 38 heavy (non-hydrogen) atoms. The number of fused-ring (bicyclic) bond motifs is 1. The van der Waals surface area contributed by atoms with Gasteiger partial charge in [0.1, 0.15) is 18.1 Å². The van der Waals surface area contributed by atoms with Crippen molar-refractivity contribution in [1.82, 2.24) is 20.2 Å². The first-order valence-electron chi connectivity index (χ1n) is 12.6. The monoisotopic (exact) mass is 522 g/mol. The Morgan fingerprint density at radius 2 is 1.53 bits per heavy atom. The van der Waals surface area contributed by atoms with Crippen molar-refractivity contribution < 1.29 is 19.5 Å². The fraction of sp³-hybridized carbons (Fsp3) is 0.393. The average Bonchev–Trinajstić information content (AvgIpc) is 2.86. The molecular weight excluding hydrogens is 488 g/mol. The van der Waals surface area contributed by atoms with E-state index in [0.29, 0.717) is 11.1 Å². The number of nitrogens with zero attached hydrogens (tertiary/aromatic N) is 1. The van der Waals surface area contributed by atoms with Gasteiger partial charge in [0.25, 0.3) is 5.56 Å². The highest BCUT2D eigenvalue weighted by Crippen LogP contribution is 2.15. The van der Waals surface area contributed by atoms with Crippen LogP contribution in [-0.2, 0) is 20.8 Å². The van der Waals surface area contributed by atoms with Crippen LogP contribution in [0.15, 0.2) is 64.2 Å². The number of carbonyl (C=O) groups is 3. The summed E-state index contributed by atoms with van der Waals surface area (Å²) in [4.78, 5) is 67.6. The smallest absolute Gasteiger partial charge is 0.329 e. The second-order valence-electron chi connectivity index (χ2n) is 10.1. The van der Waals surface area contributed by atoms with Crippen molar-refractivity contribution in [3.63, 3.8) is 0 Å². The van der Waals surface area contributed by atoms with Crippen LogP contribution in [-0.4, -0.2) is 44.5 Å². The number of carbonyl (C=O) groups excluding carboxylic acids is 2. The first kappa shape index (κ1) is 28.4. The molecule has 0 aliphatic heterocycles. The second-order valence-corrected chi connectivity index (χ2v) is 10.1. The highest BCUT2D eigenvalue weighted by molar-refractivity contribution is 5.91. The Labute approximate surface area is 220 Å². The molecule has 2 aromatic carbocycles. The zero-order valence-corrected chi connectivity index (χ0v) is 21.9. The summed E-state index contributed by atoms with van der Waals surface area (Å²) >= 11 is 0. The standard InChI is InChI=1S/C28H34N4O6/c1-16(2)14-21(27(36)37)29-25(34)23(17(3)4)31-24(33)22(15-18-10-6-5-7-11-18)32-26(35)19-12-8-9-13-20(19)30-28(32)38/h5-13,16-17,21-23H,14-15H2,1-4H3,(H,29,34)(H,30,38)(H,31,33)(H,36,37). The molecule has 1 aromatic heterocycles. The van der Waals surface area contributed by atoms with Crippen molar-refractivity contribution in [1.29, 1.82) is 0 Å². The zero-order valence-electron chi connectivity index (χ0n) is 21.9. The molecule has 0 aliphatic carbocycles. The zero-order chi connectivity index (χ0) is 28.0. The summed E-state index contributed by atoms with van der Waals surface area (Å²) in [5, 5.41) is 15.0. The molecule has 4 N–H and O–H groups in total. The van der Waals surface area contributed by atoms with E-state index in [1.807, 2.05) is 19.9 Å². The minimum absolute atomic E-state index is 0.0187. The molecule has 10 nitrogen and oxygen atoms in total. The molecule has 3 aromatic rings. The first-order valence-corrected chi connectivity index (χ1v) is 12.6. The Kier molecular flexibility index (Phi) is 9.22. The molecule has 0 radical (unpaired) electrons. The molecule has 0 fully saturated rings. The Balaban J connectivity index is 1.99. The van der Waals surface area contributed by atoms with E-state index in [1.165, 1.54) is 0 Å². The molecular formula is C28H34N4O6. The highest BCUT2D eigenvalue weighted by atomic mass is 16.4. The number of H-pyrrole nitrogens is 1. The second kappa shape index (κ2) is 12.4. The quantitative estimate of drug-likeness (QED) is 0.303. The van der Waals surface area contributed by atoms with Gasteiger partial charge in [-0.15, -0.1) is 0 Å². The summed E-state index contributed by atoms with van der Waals surface area (Å²) in [7, 11) is 0. The van der Waals surface area contributed by atoms with Crippen molar-refractivity contribution in [3.05, 3.63) is 81.0 Å². The van der Waals surface area contributed by atoms with Crippen molar-refractivity contribution in [2.24, 2.45) is 11.8 Å². The lowest BCUT2D eigenvalue weighted by atomic mass is 9.99. The first-order chi connectivity index (χ1) is 18.0. The van der Waals surface area contributed by atoms with Crippen molar-refractivity contribution in [2.45, 2.75) is 58.7 Å². The number of aromatic nitrogens is 2. The van der Waals surface area contributed by atoms with Crippen LogP contribution in [0.2, 0.25) is 0 Å². The number of carboxylic acid groups (broad SMARTS) is 1. The minimum Gasteiger partial charge on any atom is -0.480 e. The van der Waals surface area contributed by atoms with Crippen LogP contribution < -0.4 is 21.9 Å². The Hall–Kier alpha value is -4.21. The third kappa shape index (κ3) is 6.76. The Morgan fingerprint density at radius 3 is 2.13 bits per heavy atom. The van der Waals surface area contributed by atoms with Crippen molar-refractivity contribution in [3.8, 4) is 0 Å². The minimum atomic E-state index is -1.27. The molecule has 0 bridgehead atoms. The van der Waals surface area contributed by atoms with E-state index in [0.717, 1.165) is 4.57 Å². The molecule has 202 valence electrons. The molecule has 0 saturated carbocycles. The molecule has 0 saturated heterocycles. The predicted molar refractivity (Wildman–Crippen MR) is 144 cm³/mol. The molecule has 10 heteroatoms. The third-order valence-electron chi connectivity index (χ3n) is 6.29. The number of aromatic amines is 1. The average molecular weight is 523 g/mol. The van der Waals surface area contributed by atoms with Gasteiger partial charge in [0.2, 0.25) is 11.8 Å². The van der Waals surface area contributed by atoms with E-state index in [-0.39, 0.29) is 24.1 Å². The molecule has 2 amide bonds. The number of carboxylic acids is 1. The number of nitrogens with one attached hydrogen (secondary N) is 3. The normalized spacial score (nSPS) is 13.7. The number of para-hydroxylation sites is 1. The van der Waals surface area contributed by atoms with Gasteiger partial charge in [0, 0.05) is 6.42 Å². The van der Waals surface area contributed by atoms with Crippen LogP contribution in [0.1, 0.15) is 45.7 Å². The van der Waals surface area contributed by atoms with Gasteiger partial charge in [0.15, 0.2) is 0 Å². The summed E-state index contributed by atoms with van der Waals surface area (Å²) in [6.45, 7) is 7.11. The predicted octanol–water partition coefficient (Wildman–Crippen LogP) is 2.23. The third-order valence-corrected chi connectivity index (χ3v) is 6.29. The number of aliphatic carboxylic acids is 1. The largest absolute Gasteiger partial charge is 0.480 e. The maximum absolute atomic E-state index is 13.7. The molecule has 3 rings (SSSR count). The summed E-state index contributed by atoms with van der Waals surface area (Å²) in [5.74, 6) is -2.92. The molecule has 1 heterocycles. The SMILES string of the molecule is CC(C)CC(NC(=O)C(NC(=O)C(Cc1ccccc1)n1c(=O)[nH]c2ccccc2c1=O)C(C)C)C(=O)O. The molecule has 0 spiro atoms. The van der Waals surface area contributed by atoms with E-state index >= 15 is 0 Å². The van der Waals surface area contributed by atoms with Crippen LogP contribution in [0.25, 0.3) is 10.9 Å². The van der Waals surface area contributed by atoms with Crippen LogP contribution in [0.5, 0.6) is 0 Å². The van der Waals surface area contributed by atoms with Crippen LogP contribution in [0.3, 0.4) is 0 Å². The van der Waals surface area contributed by atoms with Crippen LogP contribution >= 0.6 is 0 Å². The fourth-order valence-corrected chi connectivity index (χ4v) is 4.34. The Bertz CT molecular complexity index is 1410. The van der Waals surface area contributed by atoms with E-state index in [1.54, 1.807) is 62.4 Å². The fourth-order valence-electron chi connectivity index (χ4n) is 4.34. The molecule has 3 unspecified atom stereocenters. The number of amides is 2. The van der Waals surface area contributed by atoms with Gasteiger partial charge in [-0.2, -0.15) is 0 Å². The highest BCUT2D eigenvalue weighted by Gasteiger charge is 2.33. The topological polar surface area (TPSA) is 150 Å². The maximum Gasteiger partial charge on any atom is 0.329 e. The van der Waals surface area contributed by atoms with E-state index < -0.39 is 53.1 Å². The summed E-state index contributed by atoms with van der Waals surface area (Å²) in [6.07, 6.45) is 0.240. The van der Waals surface area contributed by atoms with Crippen molar-refractivity contribution >= 4 is 28.7 Å². The summed E-state index contributed by atoms with van der Waals surface area (Å²) < 4.78 is 0.874. The van der Waals surface area contributed by atoms with Gasteiger partial charge in [-0.1, -0.05) is 70.2 Å². The molecule has 3 atom stereocenters. The number of benzene rings is 2. The maximum atomic E-state index is 13.7. The van der Waals surface area contributed by atoms with E-state index in [9.17, 15) is 29.1 Å². The van der Waals surface area contributed by atoms with Crippen LogP contribution in [0.4, 0.5) is 0 Å². The van der Waals surface area contributed by atoms with Gasteiger partial charge < -0.3 is 20.7 Å². The number of hydrogen-bond acceptors (Lipinski definition) is 5. The lowest BCUT2D eigenvalue weighted by Gasteiger charge is -2.27. The number of rotatable bonds is 11. The summed E-state index contributed by atoms with van der Waals surface area (Å²) in [6, 6.07) is 12.0. The van der Waals surface area contributed by atoms with Crippen molar-refractivity contribution in [2.75, 3.05) is 0 Å². The van der Waals surface area contributed by atoms with Crippen LogP contribution in [0, 0.1) is 11.8 Å². The lowest BCUT2D eigenvalue weighted by Crippen LogP contribution is -2.56.